The van der Waals surface area contributed by atoms with Crippen molar-refractivity contribution in [1.29, 1.82) is 0 Å². The Morgan fingerprint density at radius 3 is 2.76 bits per heavy atom. The molecule has 7 heteroatoms. The lowest BCUT2D eigenvalue weighted by Crippen LogP contribution is -2.03. The maximum absolute atomic E-state index is 5.74. The fraction of sp³-hybridized carbons (Fsp3) is 0.500. The van der Waals surface area contributed by atoms with Crippen LogP contribution in [0.4, 0.5) is 0 Å². The summed E-state index contributed by atoms with van der Waals surface area (Å²) in [5, 5.41) is 6.54. The quantitative estimate of drug-likeness (QED) is 0.896. The molecule has 2 rings (SSSR count). The first kappa shape index (κ1) is 12.2. The van der Waals surface area contributed by atoms with E-state index in [-0.39, 0.29) is 12.1 Å². The largest absolute Gasteiger partial charge is 0.374 e. The molecule has 92 valence electrons. The first-order chi connectivity index (χ1) is 8.11. The van der Waals surface area contributed by atoms with Gasteiger partial charge in [-0.2, -0.15) is 4.98 Å². The summed E-state index contributed by atoms with van der Waals surface area (Å²) in [5.74, 6) is 0.907. The molecule has 2 heterocycles. The van der Waals surface area contributed by atoms with Gasteiger partial charge >= 0.3 is 0 Å². The van der Waals surface area contributed by atoms with Gasteiger partial charge in [-0.1, -0.05) is 5.16 Å². The number of nitrogens with zero attached hydrogens (tertiary/aromatic N) is 3. The minimum Gasteiger partial charge on any atom is -0.374 e. The zero-order valence-electron chi connectivity index (χ0n) is 9.88. The van der Waals surface area contributed by atoms with Crippen LogP contribution in [0.5, 0.6) is 0 Å². The molecule has 0 aromatic carbocycles. The normalized spacial score (nSPS) is 14.8. The fourth-order valence-electron chi connectivity index (χ4n) is 1.20. The fourth-order valence-corrected chi connectivity index (χ4v) is 1.96. The Balaban J connectivity index is 2.24. The number of aromatic nitrogens is 3. The standard InChI is InChI=1S/C10H14N4O2S/c1-5(11)10-12-7(4-17-10)9-13-8(14-16-9)6(2)15-3/h4-6H,11H2,1-3H3. The van der Waals surface area contributed by atoms with Gasteiger partial charge in [0.25, 0.3) is 5.89 Å². The highest BCUT2D eigenvalue weighted by Gasteiger charge is 2.17. The van der Waals surface area contributed by atoms with Crippen LogP contribution in [-0.4, -0.2) is 22.2 Å². The first-order valence-electron chi connectivity index (χ1n) is 5.19. The molecule has 2 N–H and O–H groups in total. The van der Waals surface area contributed by atoms with E-state index in [1.165, 1.54) is 11.3 Å². The summed E-state index contributed by atoms with van der Waals surface area (Å²) in [7, 11) is 1.59. The van der Waals surface area contributed by atoms with Crippen molar-refractivity contribution in [2.75, 3.05) is 7.11 Å². The van der Waals surface area contributed by atoms with Crippen molar-refractivity contribution in [1.82, 2.24) is 15.1 Å². The van der Waals surface area contributed by atoms with Crippen LogP contribution in [0, 0.1) is 0 Å². The SMILES string of the molecule is COC(C)c1noc(-c2csc(C(C)N)n2)n1. The summed E-state index contributed by atoms with van der Waals surface area (Å²) >= 11 is 1.48. The predicted octanol–water partition coefficient (Wildman–Crippen LogP) is 1.92. The molecule has 0 aliphatic heterocycles. The van der Waals surface area contributed by atoms with Crippen LogP contribution in [0.15, 0.2) is 9.90 Å². The Morgan fingerprint density at radius 2 is 2.18 bits per heavy atom. The van der Waals surface area contributed by atoms with E-state index < -0.39 is 0 Å². The third-order valence-corrected chi connectivity index (χ3v) is 3.34. The van der Waals surface area contributed by atoms with Crippen LogP contribution in [0.3, 0.4) is 0 Å². The van der Waals surface area contributed by atoms with Gasteiger partial charge in [-0.15, -0.1) is 11.3 Å². The zero-order chi connectivity index (χ0) is 12.4. The minimum atomic E-state index is -0.195. The van der Waals surface area contributed by atoms with Crippen molar-refractivity contribution >= 4 is 11.3 Å². The number of thiazole rings is 1. The Bertz CT molecular complexity index is 494. The summed E-state index contributed by atoms with van der Waals surface area (Å²) < 4.78 is 10.2. The van der Waals surface area contributed by atoms with Crippen LogP contribution in [-0.2, 0) is 4.74 Å². The van der Waals surface area contributed by atoms with Gasteiger partial charge in [-0.05, 0) is 13.8 Å². The number of hydrogen-bond acceptors (Lipinski definition) is 7. The summed E-state index contributed by atoms with van der Waals surface area (Å²) in [6, 6.07) is -0.0889. The number of hydrogen-bond donors (Lipinski definition) is 1. The molecule has 0 saturated carbocycles. The van der Waals surface area contributed by atoms with Crippen molar-refractivity contribution in [3.05, 3.63) is 16.2 Å². The molecular weight excluding hydrogens is 240 g/mol. The number of rotatable bonds is 4. The summed E-state index contributed by atoms with van der Waals surface area (Å²) in [5.41, 5.74) is 6.40. The molecule has 17 heavy (non-hydrogen) atoms. The lowest BCUT2D eigenvalue weighted by Gasteiger charge is -2.00. The van der Waals surface area contributed by atoms with Gasteiger partial charge < -0.3 is 15.0 Å². The second-order valence-corrected chi connectivity index (χ2v) is 4.58. The van der Waals surface area contributed by atoms with E-state index in [2.05, 4.69) is 15.1 Å². The highest BCUT2D eigenvalue weighted by atomic mass is 32.1. The smallest absolute Gasteiger partial charge is 0.277 e. The molecule has 2 aromatic rings. The maximum atomic E-state index is 5.74. The molecule has 0 spiro atoms. The first-order valence-corrected chi connectivity index (χ1v) is 6.07. The van der Waals surface area contributed by atoms with Crippen LogP contribution in [0.25, 0.3) is 11.6 Å². The Kier molecular flexibility index (Phi) is 3.51. The van der Waals surface area contributed by atoms with Gasteiger partial charge in [0.15, 0.2) is 0 Å². The lowest BCUT2D eigenvalue weighted by atomic mass is 10.4. The molecule has 2 aromatic heterocycles. The predicted molar refractivity (Wildman–Crippen MR) is 63.4 cm³/mol. The van der Waals surface area contributed by atoms with Crippen LogP contribution >= 0.6 is 11.3 Å². The third kappa shape index (κ3) is 2.51. The van der Waals surface area contributed by atoms with E-state index in [0.29, 0.717) is 17.4 Å². The van der Waals surface area contributed by atoms with E-state index >= 15 is 0 Å². The molecule has 0 saturated heterocycles. The van der Waals surface area contributed by atoms with Crippen LogP contribution in [0.1, 0.15) is 36.8 Å². The second kappa shape index (κ2) is 4.91. The number of ether oxygens (including phenoxy) is 1. The highest BCUT2D eigenvalue weighted by molar-refractivity contribution is 7.10. The molecule has 6 nitrogen and oxygen atoms in total. The molecule has 0 fully saturated rings. The van der Waals surface area contributed by atoms with Gasteiger partial charge in [-0.25, -0.2) is 4.98 Å². The van der Waals surface area contributed by atoms with Crippen molar-refractivity contribution < 1.29 is 9.26 Å². The van der Waals surface area contributed by atoms with Crippen LogP contribution < -0.4 is 5.73 Å². The van der Waals surface area contributed by atoms with Crippen molar-refractivity contribution in [3.8, 4) is 11.6 Å². The van der Waals surface area contributed by atoms with Gasteiger partial charge in [-0.3, -0.25) is 0 Å². The molecular formula is C10H14N4O2S. The van der Waals surface area contributed by atoms with E-state index in [9.17, 15) is 0 Å². The molecule has 0 radical (unpaired) electrons. The molecule has 2 atom stereocenters. The Morgan fingerprint density at radius 1 is 1.41 bits per heavy atom. The highest BCUT2D eigenvalue weighted by Crippen LogP contribution is 2.24. The van der Waals surface area contributed by atoms with Gasteiger partial charge in [0.1, 0.15) is 16.8 Å². The number of nitrogens with two attached hydrogens (primary N) is 1. The van der Waals surface area contributed by atoms with Crippen LogP contribution in [0.2, 0.25) is 0 Å². The van der Waals surface area contributed by atoms with Crippen molar-refractivity contribution in [3.63, 3.8) is 0 Å². The summed E-state index contributed by atoms with van der Waals surface area (Å²) in [4.78, 5) is 8.56. The molecule has 0 aliphatic rings. The van der Waals surface area contributed by atoms with E-state index in [1.54, 1.807) is 7.11 Å². The average molecular weight is 254 g/mol. The molecule has 0 aliphatic carbocycles. The minimum absolute atomic E-state index is 0.0889. The summed E-state index contributed by atoms with van der Waals surface area (Å²) in [6.07, 6.45) is -0.195. The van der Waals surface area contributed by atoms with Crippen molar-refractivity contribution in [2.24, 2.45) is 5.73 Å². The third-order valence-electron chi connectivity index (χ3n) is 2.29. The lowest BCUT2D eigenvalue weighted by molar-refractivity contribution is 0.109. The monoisotopic (exact) mass is 254 g/mol. The van der Waals surface area contributed by atoms with E-state index in [1.807, 2.05) is 19.2 Å². The zero-order valence-corrected chi connectivity index (χ0v) is 10.7. The Labute approximate surface area is 103 Å². The van der Waals surface area contributed by atoms with E-state index in [4.69, 9.17) is 15.0 Å². The van der Waals surface area contributed by atoms with Gasteiger partial charge in [0, 0.05) is 12.5 Å². The second-order valence-electron chi connectivity index (χ2n) is 3.70. The molecule has 2 unspecified atom stereocenters. The van der Waals surface area contributed by atoms with Crippen molar-refractivity contribution in [2.45, 2.75) is 26.0 Å². The molecule has 0 bridgehead atoms. The maximum Gasteiger partial charge on any atom is 0.277 e. The number of methoxy groups -OCH3 is 1. The Hall–Kier alpha value is -1.31. The summed E-state index contributed by atoms with van der Waals surface area (Å²) in [6.45, 7) is 3.73. The van der Waals surface area contributed by atoms with Gasteiger partial charge in [0.05, 0.1) is 6.04 Å². The van der Waals surface area contributed by atoms with Gasteiger partial charge in [0.2, 0.25) is 5.82 Å². The van der Waals surface area contributed by atoms with E-state index in [0.717, 1.165) is 5.01 Å². The topological polar surface area (TPSA) is 87.1 Å². The average Bonchev–Trinajstić information content (AvgIpc) is 2.95. The molecule has 0 amide bonds.